The fourth-order valence-electron chi connectivity index (χ4n) is 4.12. The molecule has 0 aromatic heterocycles. The first-order valence-electron chi connectivity index (χ1n) is 10.5. The van der Waals surface area contributed by atoms with E-state index in [0.29, 0.717) is 11.7 Å². The number of halogens is 1. The Morgan fingerprint density at radius 2 is 1.44 bits per heavy atom. The lowest BCUT2D eigenvalue weighted by Crippen LogP contribution is -2.21. The first kappa shape index (κ1) is 20.1. The second-order valence-corrected chi connectivity index (χ2v) is 7.79. The minimum Gasteiger partial charge on any atom is -0.299 e. The number of hydrogen-bond acceptors (Lipinski definition) is 1. The van der Waals surface area contributed by atoms with E-state index in [0.717, 1.165) is 38.5 Å². The number of Topliss-reactive ketones (excluding diaryl/α,β-unsaturated/α-hetero) is 1. The molecule has 0 spiro atoms. The normalized spacial score (nSPS) is 20.6. The van der Waals surface area contributed by atoms with Gasteiger partial charge in [-0.1, -0.05) is 64.0 Å². The third-order valence-corrected chi connectivity index (χ3v) is 5.80. The maximum atomic E-state index is 13.0. The van der Waals surface area contributed by atoms with Gasteiger partial charge in [0, 0.05) is 12.3 Å². The molecule has 1 aromatic carbocycles. The van der Waals surface area contributed by atoms with Crippen molar-refractivity contribution < 1.29 is 9.18 Å². The highest BCUT2D eigenvalue weighted by Crippen LogP contribution is 2.36. The molecule has 0 heterocycles. The maximum absolute atomic E-state index is 13.0. The molecule has 0 atom stereocenters. The zero-order valence-electron chi connectivity index (χ0n) is 15.9. The van der Waals surface area contributed by atoms with Crippen LogP contribution in [0, 0.1) is 11.7 Å². The van der Waals surface area contributed by atoms with Crippen LogP contribution < -0.4 is 0 Å². The van der Waals surface area contributed by atoms with E-state index in [4.69, 9.17) is 0 Å². The van der Waals surface area contributed by atoms with E-state index in [1.807, 2.05) is 12.1 Å². The van der Waals surface area contributed by atoms with Crippen LogP contribution in [0.25, 0.3) is 0 Å². The highest BCUT2D eigenvalue weighted by Gasteiger charge is 2.26. The summed E-state index contributed by atoms with van der Waals surface area (Å²) in [4.78, 5) is 12.4. The van der Waals surface area contributed by atoms with Crippen LogP contribution >= 0.6 is 0 Å². The van der Waals surface area contributed by atoms with E-state index in [2.05, 4.69) is 6.92 Å². The molecular formula is C23H35FO. The van der Waals surface area contributed by atoms with E-state index in [1.54, 1.807) is 12.1 Å². The van der Waals surface area contributed by atoms with Gasteiger partial charge in [0.25, 0.3) is 0 Å². The van der Waals surface area contributed by atoms with Crippen molar-refractivity contribution in [3.63, 3.8) is 0 Å². The second-order valence-electron chi connectivity index (χ2n) is 7.79. The van der Waals surface area contributed by atoms with Gasteiger partial charge in [-0.3, -0.25) is 4.79 Å². The van der Waals surface area contributed by atoms with Gasteiger partial charge >= 0.3 is 0 Å². The average Bonchev–Trinajstić information content (AvgIpc) is 2.64. The van der Waals surface area contributed by atoms with Crippen molar-refractivity contribution >= 4 is 5.78 Å². The molecule has 1 aromatic rings. The van der Waals surface area contributed by atoms with Gasteiger partial charge in [-0.05, 0) is 55.7 Å². The first-order valence-corrected chi connectivity index (χ1v) is 10.5. The van der Waals surface area contributed by atoms with Crippen LogP contribution in [0.3, 0.4) is 0 Å². The smallest absolute Gasteiger partial charge is 0.135 e. The van der Waals surface area contributed by atoms with E-state index in [-0.39, 0.29) is 11.7 Å². The Hall–Kier alpha value is -1.18. The summed E-state index contributed by atoms with van der Waals surface area (Å²) >= 11 is 0. The van der Waals surface area contributed by atoms with Crippen LogP contribution in [0.2, 0.25) is 0 Å². The van der Waals surface area contributed by atoms with Gasteiger partial charge in [-0.2, -0.15) is 0 Å². The summed E-state index contributed by atoms with van der Waals surface area (Å²) in [5.74, 6) is 1.11. The number of unbranched alkanes of at least 4 members (excludes halogenated alkanes) is 7. The summed E-state index contributed by atoms with van der Waals surface area (Å²) < 4.78 is 13.0. The van der Waals surface area contributed by atoms with Crippen molar-refractivity contribution in [2.75, 3.05) is 0 Å². The van der Waals surface area contributed by atoms with E-state index in [9.17, 15) is 9.18 Å². The molecule has 0 aliphatic heterocycles. The molecule has 0 bridgehead atoms. The van der Waals surface area contributed by atoms with Crippen LogP contribution in [0.1, 0.15) is 102 Å². The number of benzene rings is 1. The number of rotatable bonds is 11. The van der Waals surface area contributed by atoms with Crippen molar-refractivity contribution in [2.45, 2.75) is 96.3 Å². The molecule has 1 nitrogen and oxygen atoms in total. The molecule has 0 amide bonds. The summed E-state index contributed by atoms with van der Waals surface area (Å²) in [5, 5.41) is 0. The van der Waals surface area contributed by atoms with Gasteiger partial charge in [0.2, 0.25) is 0 Å². The minimum absolute atomic E-state index is 0.169. The molecule has 2 heteroatoms. The molecule has 1 aliphatic rings. The highest BCUT2D eigenvalue weighted by atomic mass is 19.1. The van der Waals surface area contributed by atoms with Crippen LogP contribution in [0.5, 0.6) is 0 Å². The minimum atomic E-state index is -0.169. The molecule has 25 heavy (non-hydrogen) atoms. The highest BCUT2D eigenvalue weighted by molar-refractivity contribution is 5.81. The predicted octanol–water partition coefficient (Wildman–Crippen LogP) is 7.20. The van der Waals surface area contributed by atoms with Gasteiger partial charge in [0.1, 0.15) is 11.6 Å². The molecule has 0 saturated heterocycles. The molecule has 0 radical (unpaired) electrons. The Kier molecular flexibility index (Phi) is 9.21. The van der Waals surface area contributed by atoms with E-state index < -0.39 is 0 Å². The summed E-state index contributed by atoms with van der Waals surface area (Å²) in [5.41, 5.74) is 1.23. The lowest BCUT2D eigenvalue weighted by molar-refractivity contribution is -0.124. The average molecular weight is 347 g/mol. The fraction of sp³-hybridized carbons (Fsp3) is 0.696. The van der Waals surface area contributed by atoms with Crippen molar-refractivity contribution in [3.8, 4) is 0 Å². The van der Waals surface area contributed by atoms with E-state index in [1.165, 1.54) is 50.5 Å². The molecular weight excluding hydrogens is 311 g/mol. The molecule has 1 saturated carbocycles. The quantitative estimate of drug-likeness (QED) is 0.387. The van der Waals surface area contributed by atoms with Crippen LogP contribution in [0.4, 0.5) is 4.39 Å². The van der Waals surface area contributed by atoms with Gasteiger partial charge in [0.15, 0.2) is 0 Å². The van der Waals surface area contributed by atoms with Crippen molar-refractivity contribution in [1.29, 1.82) is 0 Å². The van der Waals surface area contributed by atoms with Crippen LogP contribution in [-0.2, 0) is 4.79 Å². The van der Waals surface area contributed by atoms with Crippen molar-refractivity contribution in [1.82, 2.24) is 0 Å². The summed E-state index contributed by atoms with van der Waals surface area (Å²) in [6.45, 7) is 2.25. The van der Waals surface area contributed by atoms with Crippen LogP contribution in [0.15, 0.2) is 24.3 Å². The predicted molar refractivity (Wildman–Crippen MR) is 103 cm³/mol. The lowest BCUT2D eigenvalue weighted by atomic mass is 9.76. The standard InChI is InChI=1S/C23H35FO/c1-2-3-4-5-6-7-8-9-10-23(25)21-13-11-19(12-14-21)20-15-17-22(24)18-16-20/h15-19,21H,2-14H2,1H3. The summed E-state index contributed by atoms with van der Waals surface area (Å²) in [6.07, 6.45) is 15.2. The topological polar surface area (TPSA) is 17.1 Å². The van der Waals surface area contributed by atoms with Crippen LogP contribution in [-0.4, -0.2) is 5.78 Å². The van der Waals surface area contributed by atoms with Crippen molar-refractivity contribution in [2.24, 2.45) is 5.92 Å². The summed E-state index contributed by atoms with van der Waals surface area (Å²) in [6, 6.07) is 6.91. The molecule has 0 N–H and O–H groups in total. The Morgan fingerprint density at radius 3 is 2.04 bits per heavy atom. The number of carbonyl (C=O) groups excluding carboxylic acids is 1. The van der Waals surface area contributed by atoms with E-state index >= 15 is 0 Å². The van der Waals surface area contributed by atoms with Crippen molar-refractivity contribution in [3.05, 3.63) is 35.6 Å². The number of hydrogen-bond donors (Lipinski definition) is 0. The Morgan fingerprint density at radius 1 is 0.880 bits per heavy atom. The monoisotopic (exact) mass is 346 g/mol. The molecule has 1 aliphatic carbocycles. The Labute approximate surface area is 153 Å². The summed E-state index contributed by atoms with van der Waals surface area (Å²) in [7, 11) is 0. The third kappa shape index (κ3) is 7.30. The molecule has 140 valence electrons. The third-order valence-electron chi connectivity index (χ3n) is 5.80. The number of ketones is 1. The fourth-order valence-corrected chi connectivity index (χ4v) is 4.12. The largest absolute Gasteiger partial charge is 0.299 e. The first-order chi connectivity index (χ1) is 12.2. The molecule has 0 unspecified atom stereocenters. The Bertz CT molecular complexity index is 485. The number of carbonyl (C=O) groups is 1. The lowest BCUT2D eigenvalue weighted by Gasteiger charge is -2.28. The van der Waals surface area contributed by atoms with Gasteiger partial charge < -0.3 is 0 Å². The van der Waals surface area contributed by atoms with Gasteiger partial charge in [0.05, 0.1) is 0 Å². The molecule has 2 rings (SSSR count). The SMILES string of the molecule is CCCCCCCCCCC(=O)C1CCC(c2ccc(F)cc2)CC1. The molecule has 1 fully saturated rings. The van der Waals surface area contributed by atoms with Gasteiger partial charge in [-0.15, -0.1) is 0 Å². The van der Waals surface area contributed by atoms with Gasteiger partial charge in [-0.25, -0.2) is 4.39 Å². The maximum Gasteiger partial charge on any atom is 0.135 e. The zero-order valence-corrected chi connectivity index (χ0v) is 15.9. The Balaban J connectivity index is 1.57. The second kappa shape index (κ2) is 11.4. The zero-order chi connectivity index (χ0) is 17.9.